The monoisotopic (exact) mass is 277 g/mol. The van der Waals surface area contributed by atoms with E-state index in [9.17, 15) is 4.39 Å². The van der Waals surface area contributed by atoms with Gasteiger partial charge in [0.2, 0.25) is 0 Å². The van der Waals surface area contributed by atoms with Gasteiger partial charge in [-0.25, -0.2) is 4.39 Å². The molecule has 2 rings (SSSR count). The Hall–Kier alpha value is -1.38. The van der Waals surface area contributed by atoms with Crippen molar-refractivity contribution in [3.63, 3.8) is 0 Å². The summed E-state index contributed by atoms with van der Waals surface area (Å²) in [4.78, 5) is 0. The number of rotatable bonds is 4. The van der Waals surface area contributed by atoms with E-state index in [0.717, 1.165) is 5.56 Å². The zero-order valence-corrected chi connectivity index (χ0v) is 11.6. The normalized spacial score (nSPS) is 14.1. The maximum atomic E-state index is 13.9. The number of hydrogen-bond acceptors (Lipinski definition) is 1. The molecular formula is C16H17ClFN. The van der Waals surface area contributed by atoms with Crippen LogP contribution in [-0.2, 0) is 11.8 Å². The number of hydrogen-bond donors (Lipinski definition) is 1. The van der Waals surface area contributed by atoms with E-state index < -0.39 is 0 Å². The van der Waals surface area contributed by atoms with Crippen LogP contribution in [0, 0.1) is 5.82 Å². The van der Waals surface area contributed by atoms with Crippen LogP contribution in [0.5, 0.6) is 0 Å². The fraction of sp³-hybridized carbons (Fsp3) is 0.250. The quantitative estimate of drug-likeness (QED) is 0.900. The SMILES string of the molecule is CC(CN)(Cc1c(F)cccc1Cl)c1ccccc1. The average Bonchev–Trinajstić information content (AvgIpc) is 2.44. The van der Waals surface area contributed by atoms with E-state index in [4.69, 9.17) is 17.3 Å². The Labute approximate surface area is 118 Å². The standard InChI is InChI=1S/C16H17ClFN/c1-16(11-19,12-6-3-2-4-7-12)10-13-14(17)8-5-9-15(13)18/h2-9H,10-11,19H2,1H3. The van der Waals surface area contributed by atoms with Gasteiger partial charge in [0.05, 0.1) is 0 Å². The summed E-state index contributed by atoms with van der Waals surface area (Å²) in [6, 6.07) is 14.7. The minimum absolute atomic E-state index is 0.275. The van der Waals surface area contributed by atoms with E-state index in [1.54, 1.807) is 12.1 Å². The predicted molar refractivity (Wildman–Crippen MR) is 78.0 cm³/mol. The average molecular weight is 278 g/mol. The van der Waals surface area contributed by atoms with Crippen LogP contribution in [0.2, 0.25) is 5.02 Å². The van der Waals surface area contributed by atoms with E-state index in [-0.39, 0.29) is 11.2 Å². The number of benzene rings is 2. The maximum Gasteiger partial charge on any atom is 0.127 e. The van der Waals surface area contributed by atoms with Gasteiger partial charge >= 0.3 is 0 Å². The van der Waals surface area contributed by atoms with Crippen LogP contribution in [-0.4, -0.2) is 6.54 Å². The van der Waals surface area contributed by atoms with Crippen molar-refractivity contribution in [1.29, 1.82) is 0 Å². The van der Waals surface area contributed by atoms with Crippen molar-refractivity contribution in [2.75, 3.05) is 6.54 Å². The van der Waals surface area contributed by atoms with Gasteiger partial charge in [-0.2, -0.15) is 0 Å². The highest BCUT2D eigenvalue weighted by atomic mass is 35.5. The Morgan fingerprint density at radius 2 is 1.79 bits per heavy atom. The zero-order chi connectivity index (χ0) is 13.9. The lowest BCUT2D eigenvalue weighted by molar-refractivity contribution is 0.467. The van der Waals surface area contributed by atoms with E-state index in [0.29, 0.717) is 23.6 Å². The fourth-order valence-corrected chi connectivity index (χ4v) is 2.45. The molecule has 0 fully saturated rings. The lowest BCUT2D eigenvalue weighted by Crippen LogP contribution is -2.34. The van der Waals surface area contributed by atoms with Crippen molar-refractivity contribution in [2.24, 2.45) is 5.73 Å². The van der Waals surface area contributed by atoms with Gasteiger partial charge in [-0.15, -0.1) is 0 Å². The lowest BCUT2D eigenvalue weighted by Gasteiger charge is -2.29. The van der Waals surface area contributed by atoms with Gasteiger partial charge in [0.15, 0.2) is 0 Å². The Balaban J connectivity index is 2.39. The topological polar surface area (TPSA) is 26.0 Å². The molecule has 0 amide bonds. The molecule has 2 N–H and O–H groups in total. The first kappa shape index (κ1) is 14.0. The van der Waals surface area contributed by atoms with Gasteiger partial charge < -0.3 is 5.73 Å². The molecule has 0 aliphatic heterocycles. The molecule has 2 aromatic rings. The van der Waals surface area contributed by atoms with E-state index in [1.807, 2.05) is 37.3 Å². The Kier molecular flexibility index (Phi) is 4.23. The minimum atomic E-state index is -0.326. The lowest BCUT2D eigenvalue weighted by atomic mass is 9.77. The van der Waals surface area contributed by atoms with Crippen molar-refractivity contribution in [3.05, 3.63) is 70.5 Å². The largest absolute Gasteiger partial charge is 0.330 e. The van der Waals surface area contributed by atoms with Crippen LogP contribution in [0.1, 0.15) is 18.1 Å². The molecule has 0 bridgehead atoms. The maximum absolute atomic E-state index is 13.9. The molecule has 1 nitrogen and oxygen atoms in total. The molecule has 1 unspecified atom stereocenters. The van der Waals surface area contributed by atoms with Gasteiger partial charge in [-0.1, -0.05) is 54.9 Å². The summed E-state index contributed by atoms with van der Waals surface area (Å²) in [5, 5.41) is 0.454. The van der Waals surface area contributed by atoms with Crippen LogP contribution in [0.15, 0.2) is 48.5 Å². The van der Waals surface area contributed by atoms with Crippen molar-refractivity contribution >= 4 is 11.6 Å². The molecule has 2 aromatic carbocycles. The van der Waals surface area contributed by atoms with Crippen molar-refractivity contribution < 1.29 is 4.39 Å². The van der Waals surface area contributed by atoms with Crippen LogP contribution in [0.25, 0.3) is 0 Å². The second kappa shape index (κ2) is 5.72. The van der Waals surface area contributed by atoms with Crippen molar-refractivity contribution in [3.8, 4) is 0 Å². The molecule has 100 valence electrons. The van der Waals surface area contributed by atoms with Gasteiger partial charge in [-0.05, 0) is 24.1 Å². The summed E-state index contributed by atoms with van der Waals surface area (Å²) in [5.41, 5.74) is 7.22. The molecule has 0 saturated carbocycles. The van der Waals surface area contributed by atoms with Gasteiger partial charge in [-0.3, -0.25) is 0 Å². The Morgan fingerprint density at radius 1 is 1.11 bits per heavy atom. The van der Waals surface area contributed by atoms with E-state index >= 15 is 0 Å². The molecule has 0 aliphatic rings. The third-order valence-electron chi connectivity index (χ3n) is 3.55. The molecule has 0 saturated heterocycles. The first-order valence-corrected chi connectivity index (χ1v) is 6.63. The smallest absolute Gasteiger partial charge is 0.127 e. The van der Waals surface area contributed by atoms with Crippen LogP contribution >= 0.6 is 11.6 Å². The van der Waals surface area contributed by atoms with Crippen molar-refractivity contribution in [1.82, 2.24) is 0 Å². The molecule has 0 heterocycles. The summed E-state index contributed by atoms with van der Waals surface area (Å²) < 4.78 is 13.9. The Morgan fingerprint density at radius 3 is 2.37 bits per heavy atom. The summed E-state index contributed by atoms with van der Waals surface area (Å²) >= 11 is 6.10. The fourth-order valence-electron chi connectivity index (χ4n) is 2.22. The molecule has 1 atom stereocenters. The first-order chi connectivity index (χ1) is 9.07. The zero-order valence-electron chi connectivity index (χ0n) is 10.9. The van der Waals surface area contributed by atoms with Crippen molar-refractivity contribution in [2.45, 2.75) is 18.8 Å². The third-order valence-corrected chi connectivity index (χ3v) is 3.90. The summed E-state index contributed by atoms with van der Waals surface area (Å²) in [6.07, 6.45) is 0.485. The molecule has 0 spiro atoms. The second-order valence-electron chi connectivity index (χ2n) is 5.01. The summed E-state index contributed by atoms with van der Waals surface area (Å²) in [7, 11) is 0. The highest BCUT2D eigenvalue weighted by molar-refractivity contribution is 6.31. The Bertz CT molecular complexity index is 536. The highest BCUT2D eigenvalue weighted by Gasteiger charge is 2.27. The minimum Gasteiger partial charge on any atom is -0.330 e. The van der Waals surface area contributed by atoms with Gasteiger partial charge in [0.1, 0.15) is 5.82 Å². The first-order valence-electron chi connectivity index (χ1n) is 6.25. The molecule has 19 heavy (non-hydrogen) atoms. The van der Waals surface area contributed by atoms with Gasteiger partial charge in [0.25, 0.3) is 0 Å². The number of nitrogens with two attached hydrogens (primary N) is 1. The second-order valence-corrected chi connectivity index (χ2v) is 5.41. The molecule has 0 aliphatic carbocycles. The molecule has 0 radical (unpaired) electrons. The molecule has 3 heteroatoms. The van der Waals surface area contributed by atoms with Crippen LogP contribution in [0.4, 0.5) is 4.39 Å². The summed E-state index contributed by atoms with van der Waals surface area (Å²) in [5.74, 6) is -0.275. The number of halogens is 2. The van der Waals surface area contributed by atoms with E-state index in [1.165, 1.54) is 6.07 Å². The van der Waals surface area contributed by atoms with Crippen LogP contribution in [0.3, 0.4) is 0 Å². The third kappa shape index (κ3) is 2.96. The molecule has 0 aromatic heterocycles. The summed E-state index contributed by atoms with van der Waals surface area (Å²) in [6.45, 7) is 2.47. The van der Waals surface area contributed by atoms with Crippen LogP contribution < -0.4 is 5.73 Å². The highest BCUT2D eigenvalue weighted by Crippen LogP contribution is 2.31. The van der Waals surface area contributed by atoms with E-state index in [2.05, 4.69) is 0 Å². The molecular weight excluding hydrogens is 261 g/mol. The van der Waals surface area contributed by atoms with Gasteiger partial charge in [0, 0.05) is 22.5 Å². The predicted octanol–water partition coefficient (Wildman–Crippen LogP) is 3.94.